The molecule has 0 saturated heterocycles. The molecule has 1 N–H and O–H groups in total. The zero-order valence-corrected chi connectivity index (χ0v) is 9.22. The molecule has 1 aliphatic rings. The second kappa shape index (κ2) is 3.19. The Bertz CT molecular complexity index is 509. The van der Waals surface area contributed by atoms with E-state index in [0.29, 0.717) is 0 Å². The molecule has 0 unspecified atom stereocenters. The molecule has 2 aromatic rings. The maximum atomic E-state index is 9.96. The molecular weight excluding hydrogens is 200 g/mol. The maximum Gasteiger partial charge on any atom is 0.139 e. The van der Waals surface area contributed by atoms with E-state index in [4.69, 9.17) is 0 Å². The number of aromatic nitrogens is 2. The Morgan fingerprint density at radius 2 is 1.94 bits per heavy atom. The summed E-state index contributed by atoms with van der Waals surface area (Å²) < 4.78 is 1.99. The molecule has 1 aromatic heterocycles. The molecule has 3 nitrogen and oxygen atoms in total. The molecule has 3 heteroatoms. The lowest BCUT2D eigenvalue weighted by molar-refractivity contribution is 0.151. The van der Waals surface area contributed by atoms with Crippen LogP contribution in [-0.4, -0.2) is 14.7 Å². The quantitative estimate of drug-likeness (QED) is 0.831. The van der Waals surface area contributed by atoms with Crippen molar-refractivity contribution < 1.29 is 5.11 Å². The predicted molar refractivity (Wildman–Crippen MR) is 61.8 cm³/mol. The van der Waals surface area contributed by atoms with Crippen LogP contribution in [-0.2, 0) is 12.6 Å². The van der Waals surface area contributed by atoms with Gasteiger partial charge in [0.05, 0.1) is 5.60 Å². The Morgan fingerprint density at radius 3 is 2.44 bits per heavy atom. The summed E-state index contributed by atoms with van der Waals surface area (Å²) in [6.45, 7) is 0. The van der Waals surface area contributed by atoms with Crippen molar-refractivity contribution >= 4 is 0 Å². The lowest BCUT2D eigenvalue weighted by Crippen LogP contribution is -2.03. The van der Waals surface area contributed by atoms with E-state index in [1.807, 2.05) is 42.1 Å². The van der Waals surface area contributed by atoms with Gasteiger partial charge < -0.3 is 9.67 Å². The van der Waals surface area contributed by atoms with Crippen LogP contribution in [0.3, 0.4) is 0 Å². The highest BCUT2D eigenvalue weighted by molar-refractivity contribution is 5.56. The Morgan fingerprint density at radius 1 is 1.25 bits per heavy atom. The third kappa shape index (κ3) is 1.44. The summed E-state index contributed by atoms with van der Waals surface area (Å²) in [4.78, 5) is 4.29. The summed E-state index contributed by atoms with van der Waals surface area (Å²) in [7, 11) is 1.98. The first kappa shape index (κ1) is 9.60. The molecule has 0 amide bonds. The van der Waals surface area contributed by atoms with E-state index in [-0.39, 0.29) is 0 Å². The van der Waals surface area contributed by atoms with E-state index in [2.05, 4.69) is 4.98 Å². The molecule has 1 fully saturated rings. The van der Waals surface area contributed by atoms with Crippen molar-refractivity contribution in [2.45, 2.75) is 18.4 Å². The number of imidazole rings is 1. The fraction of sp³-hybridized carbons (Fsp3) is 0.308. The van der Waals surface area contributed by atoms with Crippen molar-refractivity contribution in [2.24, 2.45) is 7.05 Å². The summed E-state index contributed by atoms with van der Waals surface area (Å²) in [6, 6.07) is 8.04. The number of rotatable bonds is 2. The highest BCUT2D eigenvalue weighted by Gasteiger charge is 2.41. The van der Waals surface area contributed by atoms with Crippen LogP contribution >= 0.6 is 0 Å². The van der Waals surface area contributed by atoms with Gasteiger partial charge in [0.25, 0.3) is 0 Å². The van der Waals surface area contributed by atoms with Crippen LogP contribution in [0.15, 0.2) is 36.7 Å². The molecular formula is C13H14N2O. The van der Waals surface area contributed by atoms with Crippen molar-refractivity contribution in [3.05, 3.63) is 42.2 Å². The van der Waals surface area contributed by atoms with Crippen LogP contribution in [0.1, 0.15) is 18.4 Å². The van der Waals surface area contributed by atoms with Gasteiger partial charge in [-0.15, -0.1) is 0 Å². The third-order valence-electron chi connectivity index (χ3n) is 3.23. The SMILES string of the molecule is Cn1ccnc1-c1ccc(C2(O)CC2)cc1. The average Bonchev–Trinajstić information content (AvgIpc) is 2.90. The fourth-order valence-corrected chi connectivity index (χ4v) is 1.98. The number of aryl methyl sites for hydroxylation is 1. The van der Waals surface area contributed by atoms with Crippen LogP contribution in [0.5, 0.6) is 0 Å². The molecule has 16 heavy (non-hydrogen) atoms. The van der Waals surface area contributed by atoms with Crippen molar-refractivity contribution in [1.82, 2.24) is 9.55 Å². The number of aliphatic hydroxyl groups is 1. The number of hydrogen-bond donors (Lipinski definition) is 1. The number of hydrogen-bond acceptors (Lipinski definition) is 2. The lowest BCUT2D eigenvalue weighted by atomic mass is 10.1. The third-order valence-corrected chi connectivity index (χ3v) is 3.23. The second-order valence-corrected chi connectivity index (χ2v) is 4.47. The minimum atomic E-state index is -0.542. The molecule has 0 atom stereocenters. The average molecular weight is 214 g/mol. The monoisotopic (exact) mass is 214 g/mol. The molecule has 0 radical (unpaired) electrons. The lowest BCUT2D eigenvalue weighted by Gasteiger charge is -2.08. The first-order chi connectivity index (χ1) is 7.69. The van der Waals surface area contributed by atoms with Gasteiger partial charge in [-0.1, -0.05) is 24.3 Å². The Kier molecular flexibility index (Phi) is 1.91. The van der Waals surface area contributed by atoms with Crippen molar-refractivity contribution in [2.75, 3.05) is 0 Å². The Balaban J connectivity index is 1.96. The molecule has 1 aliphatic carbocycles. The summed E-state index contributed by atoms with van der Waals surface area (Å²) in [6.07, 6.45) is 5.48. The van der Waals surface area contributed by atoms with Gasteiger partial charge in [-0.25, -0.2) is 4.98 Å². The van der Waals surface area contributed by atoms with Gasteiger partial charge in [0.1, 0.15) is 5.82 Å². The highest BCUT2D eigenvalue weighted by Crippen LogP contribution is 2.45. The van der Waals surface area contributed by atoms with E-state index < -0.39 is 5.60 Å². The molecule has 1 heterocycles. The summed E-state index contributed by atoms with van der Waals surface area (Å²) in [5.74, 6) is 0.953. The molecule has 0 aliphatic heterocycles. The van der Waals surface area contributed by atoms with Crippen LogP contribution in [0.2, 0.25) is 0 Å². The van der Waals surface area contributed by atoms with Gasteiger partial charge >= 0.3 is 0 Å². The van der Waals surface area contributed by atoms with Gasteiger partial charge in [0, 0.05) is 25.0 Å². The van der Waals surface area contributed by atoms with Crippen molar-refractivity contribution in [1.29, 1.82) is 0 Å². The fourth-order valence-electron chi connectivity index (χ4n) is 1.98. The van der Waals surface area contributed by atoms with E-state index in [1.165, 1.54) is 0 Å². The molecule has 1 saturated carbocycles. The topological polar surface area (TPSA) is 38.0 Å². The summed E-state index contributed by atoms with van der Waals surface area (Å²) >= 11 is 0. The molecule has 0 bridgehead atoms. The van der Waals surface area contributed by atoms with Gasteiger partial charge in [-0.3, -0.25) is 0 Å². The van der Waals surface area contributed by atoms with Gasteiger partial charge in [0.15, 0.2) is 0 Å². The molecule has 3 rings (SSSR count). The number of nitrogens with zero attached hydrogens (tertiary/aromatic N) is 2. The zero-order chi connectivity index (χ0) is 11.2. The minimum Gasteiger partial charge on any atom is -0.385 e. The van der Waals surface area contributed by atoms with Crippen molar-refractivity contribution in [3.63, 3.8) is 0 Å². The molecule has 1 aromatic carbocycles. The van der Waals surface area contributed by atoms with Gasteiger partial charge in [0.2, 0.25) is 0 Å². The van der Waals surface area contributed by atoms with Crippen LogP contribution in [0.4, 0.5) is 0 Å². The maximum absolute atomic E-state index is 9.96. The summed E-state index contributed by atoms with van der Waals surface area (Å²) in [5, 5.41) is 9.96. The first-order valence-corrected chi connectivity index (χ1v) is 5.50. The Labute approximate surface area is 94.4 Å². The standard InChI is InChI=1S/C13H14N2O/c1-15-9-8-14-12(15)10-2-4-11(5-3-10)13(16)6-7-13/h2-5,8-9,16H,6-7H2,1H3. The minimum absolute atomic E-state index is 0.542. The van der Waals surface area contributed by atoms with Crippen LogP contribution < -0.4 is 0 Å². The predicted octanol–water partition coefficient (Wildman–Crippen LogP) is 2.07. The molecule has 0 spiro atoms. The van der Waals surface area contributed by atoms with Gasteiger partial charge in [-0.05, 0) is 18.4 Å². The first-order valence-electron chi connectivity index (χ1n) is 5.50. The van der Waals surface area contributed by atoms with E-state index in [9.17, 15) is 5.11 Å². The smallest absolute Gasteiger partial charge is 0.139 e. The van der Waals surface area contributed by atoms with E-state index in [1.54, 1.807) is 6.20 Å². The summed E-state index contributed by atoms with van der Waals surface area (Å²) in [5.41, 5.74) is 1.56. The zero-order valence-electron chi connectivity index (χ0n) is 9.22. The normalized spacial score (nSPS) is 17.4. The second-order valence-electron chi connectivity index (χ2n) is 4.47. The Hall–Kier alpha value is -1.61. The van der Waals surface area contributed by atoms with E-state index >= 15 is 0 Å². The molecule has 82 valence electrons. The number of benzene rings is 1. The van der Waals surface area contributed by atoms with E-state index in [0.717, 1.165) is 29.8 Å². The highest BCUT2D eigenvalue weighted by atomic mass is 16.3. The van der Waals surface area contributed by atoms with Crippen LogP contribution in [0.25, 0.3) is 11.4 Å². The van der Waals surface area contributed by atoms with Crippen LogP contribution in [0, 0.1) is 0 Å². The van der Waals surface area contributed by atoms with Crippen molar-refractivity contribution in [3.8, 4) is 11.4 Å². The largest absolute Gasteiger partial charge is 0.385 e. The van der Waals surface area contributed by atoms with Gasteiger partial charge in [-0.2, -0.15) is 0 Å².